The number of benzene rings is 2. The Morgan fingerprint density at radius 3 is 1.33 bits per heavy atom. The van der Waals surface area contributed by atoms with E-state index < -0.39 is 0 Å². The van der Waals surface area contributed by atoms with Crippen molar-refractivity contribution in [3.63, 3.8) is 0 Å². The van der Waals surface area contributed by atoms with Crippen LogP contribution in [0.4, 0.5) is 0 Å². The minimum atomic E-state index is -0.264. The topological polar surface area (TPSA) is 34.1 Å². The second-order valence-corrected chi connectivity index (χ2v) is 3.60. The summed E-state index contributed by atoms with van der Waals surface area (Å²) in [5, 5.41) is 0. The zero-order valence-corrected chi connectivity index (χ0v) is 11.0. The molecule has 0 amide bonds. The zero-order chi connectivity index (χ0) is 12.1. The third-order valence-electron chi connectivity index (χ3n) is 2.38. The van der Waals surface area contributed by atoms with Gasteiger partial charge in [-0.05, 0) is 0 Å². The summed E-state index contributed by atoms with van der Waals surface area (Å²) in [4.78, 5) is 23.5. The first-order valence-corrected chi connectivity index (χ1v) is 5.31. The molecule has 2 aromatic rings. The number of hydrogen-bond donors (Lipinski definition) is 0. The van der Waals surface area contributed by atoms with Gasteiger partial charge in [0.05, 0.1) is 11.6 Å². The molecule has 2 nitrogen and oxygen atoms in total. The molecule has 0 aliphatic carbocycles. The number of carbonyl (C=O) groups is 2. The molecule has 0 spiro atoms. The van der Waals surface area contributed by atoms with E-state index in [0.717, 1.165) is 6.42 Å². The SMILES string of the molecule is O=C([CH-]C(=O)c1ccccc1)c1ccccc1.[Ag+]. The standard InChI is InChI=1S/C15H11O2.Ag/c16-14(12-7-3-1-4-8-12)11-15(17)13-9-5-2-6-10-13;/h1-11H;/q-1;+1. The van der Waals surface area contributed by atoms with Gasteiger partial charge >= 0.3 is 22.4 Å². The van der Waals surface area contributed by atoms with Crippen LogP contribution >= 0.6 is 0 Å². The van der Waals surface area contributed by atoms with E-state index in [4.69, 9.17) is 0 Å². The average molecular weight is 331 g/mol. The van der Waals surface area contributed by atoms with Gasteiger partial charge in [-0.3, -0.25) is 0 Å². The van der Waals surface area contributed by atoms with Crippen LogP contribution in [0.25, 0.3) is 0 Å². The third kappa shape index (κ3) is 3.70. The van der Waals surface area contributed by atoms with Gasteiger partial charge in [-0.2, -0.15) is 0 Å². The molecule has 0 bridgehead atoms. The van der Waals surface area contributed by atoms with Gasteiger partial charge in [0.25, 0.3) is 0 Å². The average Bonchev–Trinajstić information content (AvgIpc) is 2.40. The van der Waals surface area contributed by atoms with E-state index in [1.807, 2.05) is 12.1 Å². The van der Waals surface area contributed by atoms with E-state index in [2.05, 4.69) is 0 Å². The first kappa shape index (κ1) is 14.5. The molecule has 2 rings (SSSR count). The largest absolute Gasteiger partial charge is 1.00 e. The van der Waals surface area contributed by atoms with Gasteiger partial charge in [0.1, 0.15) is 0 Å². The molecule has 0 aliphatic rings. The minimum Gasteiger partial charge on any atom is -0.318 e. The quantitative estimate of drug-likeness (QED) is 0.374. The number of Topliss-reactive ketones (excluding diaryl/α,β-unsaturated/α-hetero) is 2. The fourth-order valence-electron chi connectivity index (χ4n) is 1.49. The summed E-state index contributed by atoms with van der Waals surface area (Å²) < 4.78 is 0. The molecule has 0 heterocycles. The Bertz CT molecular complexity index is 471. The van der Waals surface area contributed by atoms with Gasteiger partial charge in [-0.25, -0.2) is 0 Å². The molecule has 0 fully saturated rings. The molecule has 0 aromatic heterocycles. The van der Waals surface area contributed by atoms with E-state index in [0.29, 0.717) is 11.1 Å². The van der Waals surface area contributed by atoms with Crippen molar-refractivity contribution in [1.29, 1.82) is 0 Å². The van der Waals surface area contributed by atoms with Crippen molar-refractivity contribution in [2.75, 3.05) is 0 Å². The van der Waals surface area contributed by atoms with Crippen LogP contribution < -0.4 is 0 Å². The van der Waals surface area contributed by atoms with Gasteiger partial charge < -0.3 is 9.59 Å². The molecule has 0 radical (unpaired) electrons. The van der Waals surface area contributed by atoms with Crippen LogP contribution in [0.2, 0.25) is 0 Å². The summed E-state index contributed by atoms with van der Waals surface area (Å²) in [5.41, 5.74) is 1.05. The molecule has 3 heteroatoms. The first-order valence-electron chi connectivity index (χ1n) is 5.31. The van der Waals surface area contributed by atoms with Crippen molar-refractivity contribution < 1.29 is 32.0 Å². The Hall–Kier alpha value is -1.61. The van der Waals surface area contributed by atoms with Crippen LogP contribution in [-0.4, -0.2) is 11.6 Å². The summed E-state index contributed by atoms with van der Waals surface area (Å²) in [7, 11) is 0. The monoisotopic (exact) mass is 330 g/mol. The molecule has 0 atom stereocenters. The van der Waals surface area contributed by atoms with Gasteiger partial charge in [0.2, 0.25) is 0 Å². The Morgan fingerprint density at radius 1 is 0.667 bits per heavy atom. The Kier molecular flexibility index (Phi) is 5.59. The number of ketones is 2. The molecule has 94 valence electrons. The summed E-state index contributed by atoms with van der Waals surface area (Å²) in [5.74, 6) is -0.529. The van der Waals surface area contributed by atoms with Crippen LogP contribution in [0.1, 0.15) is 20.7 Å². The van der Waals surface area contributed by atoms with Crippen LogP contribution in [0.3, 0.4) is 0 Å². The smallest absolute Gasteiger partial charge is 0.318 e. The number of carbonyl (C=O) groups excluding carboxylic acids is 2. The van der Waals surface area contributed by atoms with Crippen LogP contribution in [0.5, 0.6) is 0 Å². The van der Waals surface area contributed by atoms with Gasteiger partial charge in [-0.1, -0.05) is 53.9 Å². The Morgan fingerprint density at radius 2 is 1.00 bits per heavy atom. The van der Waals surface area contributed by atoms with E-state index >= 15 is 0 Å². The predicted molar refractivity (Wildman–Crippen MR) is 65.8 cm³/mol. The number of rotatable bonds is 4. The number of hydrogen-bond acceptors (Lipinski definition) is 2. The fourth-order valence-corrected chi connectivity index (χ4v) is 1.49. The van der Waals surface area contributed by atoms with E-state index in [1.54, 1.807) is 48.5 Å². The van der Waals surface area contributed by atoms with Crippen LogP contribution in [0.15, 0.2) is 60.7 Å². The van der Waals surface area contributed by atoms with E-state index in [9.17, 15) is 9.59 Å². The fraction of sp³-hybridized carbons (Fsp3) is 0. The summed E-state index contributed by atoms with van der Waals surface area (Å²) in [6, 6.07) is 17.5. The molecule has 0 saturated carbocycles. The normalized spacial score (nSPS) is 9.11. The summed E-state index contributed by atoms with van der Waals surface area (Å²) >= 11 is 0. The van der Waals surface area contributed by atoms with E-state index in [1.165, 1.54) is 0 Å². The molecule has 2 aromatic carbocycles. The van der Waals surface area contributed by atoms with Crippen molar-refractivity contribution in [2.45, 2.75) is 0 Å². The maximum atomic E-state index is 11.8. The second-order valence-electron chi connectivity index (χ2n) is 3.60. The zero-order valence-electron chi connectivity index (χ0n) is 9.47. The van der Waals surface area contributed by atoms with Crippen molar-refractivity contribution >= 4 is 11.6 Å². The third-order valence-corrected chi connectivity index (χ3v) is 2.38. The second kappa shape index (κ2) is 6.97. The van der Waals surface area contributed by atoms with Crippen LogP contribution in [-0.2, 0) is 22.4 Å². The molecule has 0 N–H and O–H groups in total. The molecule has 18 heavy (non-hydrogen) atoms. The maximum absolute atomic E-state index is 11.8. The molecule has 0 unspecified atom stereocenters. The first-order chi connectivity index (χ1) is 8.27. The summed E-state index contributed by atoms with van der Waals surface area (Å²) in [6.45, 7) is 0. The van der Waals surface area contributed by atoms with Crippen molar-refractivity contribution in [2.24, 2.45) is 0 Å². The maximum Gasteiger partial charge on any atom is 1.00 e. The van der Waals surface area contributed by atoms with Crippen molar-refractivity contribution in [3.8, 4) is 0 Å². The van der Waals surface area contributed by atoms with Crippen molar-refractivity contribution in [3.05, 3.63) is 78.2 Å². The Balaban J connectivity index is 0.00000162. The molecular formula is C15H11AgO2. The van der Waals surface area contributed by atoms with Gasteiger partial charge in [-0.15, -0.1) is 24.3 Å². The summed E-state index contributed by atoms with van der Waals surface area (Å²) in [6.07, 6.45) is 1.13. The predicted octanol–water partition coefficient (Wildman–Crippen LogP) is 2.95. The Labute approximate surface area is 122 Å². The van der Waals surface area contributed by atoms with Gasteiger partial charge in [0, 0.05) is 0 Å². The van der Waals surface area contributed by atoms with Crippen molar-refractivity contribution in [1.82, 2.24) is 0 Å². The van der Waals surface area contributed by atoms with Crippen LogP contribution in [0, 0.1) is 6.42 Å². The minimum absolute atomic E-state index is 0. The van der Waals surface area contributed by atoms with Gasteiger partial charge in [0.15, 0.2) is 0 Å². The molecular weight excluding hydrogens is 320 g/mol. The molecule has 0 aliphatic heterocycles. The van der Waals surface area contributed by atoms with E-state index in [-0.39, 0.29) is 33.9 Å². The molecule has 0 saturated heterocycles.